The first-order valence-corrected chi connectivity index (χ1v) is 13.7. The van der Waals surface area contributed by atoms with Crippen molar-refractivity contribution in [2.24, 2.45) is 10.1 Å². The number of hydrogen-bond donors (Lipinski definition) is 1. The second-order valence-electron chi connectivity index (χ2n) is 7.42. The second-order valence-corrected chi connectivity index (χ2v) is 11.0. The minimum atomic E-state index is -3.61. The van der Waals surface area contributed by atoms with E-state index in [0.29, 0.717) is 34.4 Å². The number of carbonyl (C=O) groups excluding carboxylic acids is 1. The minimum Gasteiger partial charge on any atom is -0.490 e. The fourth-order valence-corrected chi connectivity index (χ4v) is 5.03. The van der Waals surface area contributed by atoms with E-state index in [4.69, 9.17) is 31.2 Å². The van der Waals surface area contributed by atoms with E-state index >= 15 is 0 Å². The van der Waals surface area contributed by atoms with Gasteiger partial charge in [0.05, 0.1) is 17.2 Å². The third-order valence-corrected chi connectivity index (χ3v) is 7.66. The Morgan fingerprint density at radius 1 is 1.08 bits per heavy atom. The summed E-state index contributed by atoms with van der Waals surface area (Å²) in [5.74, 6) is 0.539. The molecule has 0 radical (unpaired) electrons. The Kier molecular flexibility index (Phi) is 7.67. The van der Waals surface area contributed by atoms with Gasteiger partial charge in [-0.3, -0.25) is 10.2 Å². The number of nitrogens with one attached hydrogen (secondary N) is 1. The fraction of sp³-hybridized carbons (Fsp3) is 0.217. The van der Waals surface area contributed by atoms with Crippen LogP contribution in [0.15, 0.2) is 58.1 Å². The zero-order valence-electron chi connectivity index (χ0n) is 19.2. The van der Waals surface area contributed by atoms with Gasteiger partial charge in [-0.2, -0.15) is 10.0 Å². The summed E-state index contributed by atoms with van der Waals surface area (Å²) in [5.41, 5.74) is 0.520. The second kappa shape index (κ2) is 10.7. The van der Waals surface area contributed by atoms with Crippen molar-refractivity contribution >= 4 is 60.6 Å². The molecule has 0 saturated carbocycles. The van der Waals surface area contributed by atoms with Gasteiger partial charge in [-0.1, -0.05) is 29.8 Å². The first-order valence-electron chi connectivity index (χ1n) is 10.6. The maximum Gasteiger partial charge on any atom is 0.283 e. The van der Waals surface area contributed by atoms with Gasteiger partial charge in [0.25, 0.3) is 5.91 Å². The molecule has 4 rings (SSSR count). The number of halogens is 1. The summed E-state index contributed by atoms with van der Waals surface area (Å²) >= 11 is 6.82. The van der Waals surface area contributed by atoms with E-state index in [2.05, 4.69) is 10.1 Å². The van der Waals surface area contributed by atoms with Crippen LogP contribution in [0.2, 0.25) is 5.02 Å². The van der Waals surface area contributed by atoms with Crippen molar-refractivity contribution in [2.75, 3.05) is 26.1 Å². The van der Waals surface area contributed by atoms with Crippen LogP contribution in [0.25, 0.3) is 6.08 Å². The molecule has 2 aliphatic rings. The number of ether oxygens (including phenoxy) is 3. The molecule has 2 aromatic rings. The first kappa shape index (κ1) is 25.7. The van der Waals surface area contributed by atoms with Crippen LogP contribution >= 0.6 is 23.4 Å². The number of fused-ring (bicyclic) bond motifs is 1. The molecule has 1 amide bonds. The quantitative estimate of drug-likeness (QED) is 0.389. The largest absolute Gasteiger partial charge is 0.490 e. The lowest BCUT2D eigenvalue weighted by atomic mass is 10.1. The van der Waals surface area contributed by atoms with Gasteiger partial charge in [-0.05, 0) is 54.6 Å². The Morgan fingerprint density at radius 3 is 2.50 bits per heavy atom. The fourth-order valence-electron chi connectivity index (χ4n) is 3.16. The summed E-state index contributed by atoms with van der Waals surface area (Å²) in [6, 6.07) is 12.2. The van der Waals surface area contributed by atoms with Crippen LogP contribution in [0, 0.1) is 5.41 Å². The molecule has 188 valence electrons. The molecule has 2 aromatic carbocycles. The zero-order valence-corrected chi connectivity index (χ0v) is 21.6. The van der Waals surface area contributed by atoms with E-state index in [1.165, 1.54) is 6.08 Å². The van der Waals surface area contributed by atoms with Crippen LogP contribution in [0.1, 0.15) is 12.5 Å². The molecular formula is C23H21ClN4O6S2. The first-order chi connectivity index (χ1) is 17.2. The molecule has 10 nitrogen and oxygen atoms in total. The summed E-state index contributed by atoms with van der Waals surface area (Å²) in [4.78, 5) is 16.5. The molecule has 13 heteroatoms. The maximum absolute atomic E-state index is 12.6. The van der Waals surface area contributed by atoms with Crippen LogP contribution in [0.3, 0.4) is 0 Å². The van der Waals surface area contributed by atoms with E-state index in [1.54, 1.807) is 30.3 Å². The number of aliphatic imine (C=N–C) groups is 1. The third-order valence-electron chi connectivity index (χ3n) is 4.77. The molecule has 2 aliphatic heterocycles. The number of amides is 1. The number of benzene rings is 2. The van der Waals surface area contributed by atoms with E-state index in [-0.39, 0.29) is 34.2 Å². The molecule has 0 aromatic heterocycles. The van der Waals surface area contributed by atoms with Crippen molar-refractivity contribution in [3.8, 4) is 17.2 Å². The number of para-hydroxylation sites is 1. The smallest absolute Gasteiger partial charge is 0.283 e. The van der Waals surface area contributed by atoms with Crippen LogP contribution in [0.5, 0.6) is 17.2 Å². The van der Waals surface area contributed by atoms with Gasteiger partial charge in [0.2, 0.25) is 19.4 Å². The van der Waals surface area contributed by atoms with Gasteiger partial charge in [0.1, 0.15) is 19.0 Å². The van der Waals surface area contributed by atoms with Crippen LogP contribution in [-0.2, 0) is 14.6 Å². The summed E-state index contributed by atoms with van der Waals surface area (Å²) in [6.45, 7) is 2.70. The molecule has 2 heterocycles. The van der Waals surface area contributed by atoms with Crippen molar-refractivity contribution in [2.45, 2.75) is 6.92 Å². The molecule has 0 saturated heterocycles. The monoisotopic (exact) mass is 548 g/mol. The molecule has 0 atom stereocenters. The van der Waals surface area contributed by atoms with Crippen molar-refractivity contribution in [3.63, 3.8) is 0 Å². The SMILES string of the molecule is CCOc1cc(/C=C2/C(=N)N3N=C(S(C)(=O)=O)SC3=NC2=O)ccc1OCCOc1ccccc1Cl. The molecule has 0 spiro atoms. The molecule has 0 bridgehead atoms. The summed E-state index contributed by atoms with van der Waals surface area (Å²) < 4.78 is 40.5. The number of hydrazone groups is 1. The van der Waals surface area contributed by atoms with Gasteiger partial charge in [0.15, 0.2) is 17.3 Å². The molecule has 1 N–H and O–H groups in total. The van der Waals surface area contributed by atoms with E-state index in [1.807, 2.05) is 19.1 Å². The third kappa shape index (κ3) is 5.72. The van der Waals surface area contributed by atoms with E-state index in [0.717, 1.165) is 23.0 Å². The van der Waals surface area contributed by atoms with Gasteiger partial charge in [0, 0.05) is 6.26 Å². The maximum atomic E-state index is 12.6. The van der Waals surface area contributed by atoms with Crippen LogP contribution in [-0.4, -0.2) is 60.8 Å². The van der Waals surface area contributed by atoms with Gasteiger partial charge < -0.3 is 14.2 Å². The average Bonchev–Trinajstić information content (AvgIpc) is 3.27. The van der Waals surface area contributed by atoms with Crippen LogP contribution < -0.4 is 14.2 Å². The van der Waals surface area contributed by atoms with Crippen molar-refractivity contribution in [1.82, 2.24) is 5.01 Å². The minimum absolute atomic E-state index is 0.0281. The van der Waals surface area contributed by atoms with Gasteiger partial charge in [-0.15, -0.1) is 5.10 Å². The van der Waals surface area contributed by atoms with Crippen molar-refractivity contribution in [3.05, 3.63) is 58.6 Å². The molecule has 0 aliphatic carbocycles. The number of rotatable bonds is 8. The Bertz CT molecular complexity index is 1420. The number of carbonyl (C=O) groups is 1. The van der Waals surface area contributed by atoms with Crippen molar-refractivity contribution < 1.29 is 27.4 Å². The Labute approximate surface area is 217 Å². The molecule has 0 fully saturated rings. The highest BCUT2D eigenvalue weighted by Crippen LogP contribution is 2.32. The standard InChI is InChI=1S/C23H21ClN4O6S2/c1-3-32-19-13-14(8-9-18(19)34-11-10-33-17-7-5-4-6-16(17)24)12-15-20(25)28-22(26-21(15)29)35-23(27-28)36(2,30)31/h4-9,12-13,25H,3,10-11H2,1-2H3/b15-12-,25-20?. The number of amidine groups is 2. The summed E-state index contributed by atoms with van der Waals surface area (Å²) in [6.07, 6.45) is 2.47. The normalized spacial score (nSPS) is 16.5. The van der Waals surface area contributed by atoms with Gasteiger partial charge >= 0.3 is 0 Å². The Balaban J connectivity index is 1.50. The van der Waals surface area contributed by atoms with E-state index in [9.17, 15) is 13.2 Å². The lowest BCUT2D eigenvalue weighted by molar-refractivity contribution is -0.114. The number of hydrogen-bond acceptors (Lipinski definition) is 9. The summed E-state index contributed by atoms with van der Waals surface area (Å²) in [7, 11) is -3.61. The molecule has 36 heavy (non-hydrogen) atoms. The lowest BCUT2D eigenvalue weighted by Crippen LogP contribution is -2.35. The van der Waals surface area contributed by atoms with Crippen molar-refractivity contribution in [1.29, 1.82) is 5.41 Å². The number of sulfone groups is 1. The highest BCUT2D eigenvalue weighted by molar-refractivity contribution is 8.42. The van der Waals surface area contributed by atoms with E-state index < -0.39 is 15.7 Å². The predicted molar refractivity (Wildman–Crippen MR) is 140 cm³/mol. The lowest BCUT2D eigenvalue weighted by Gasteiger charge is -2.20. The Hall–Kier alpha value is -3.35. The van der Waals surface area contributed by atoms with Crippen LogP contribution in [0.4, 0.5) is 0 Å². The highest BCUT2D eigenvalue weighted by atomic mass is 35.5. The van der Waals surface area contributed by atoms with Gasteiger partial charge in [-0.25, -0.2) is 8.42 Å². The highest BCUT2D eigenvalue weighted by Gasteiger charge is 2.38. The molecule has 0 unspecified atom stereocenters. The summed E-state index contributed by atoms with van der Waals surface area (Å²) in [5, 5.41) is 13.9. The average molecular weight is 549 g/mol. The number of nitrogens with zero attached hydrogens (tertiary/aromatic N) is 3. The predicted octanol–water partition coefficient (Wildman–Crippen LogP) is 3.82. The number of thioether (sulfide) groups is 1. The topological polar surface area (TPSA) is 131 Å². The Morgan fingerprint density at radius 2 is 1.81 bits per heavy atom. The zero-order chi connectivity index (χ0) is 25.9. The molecular weight excluding hydrogens is 528 g/mol.